The fraction of sp³-hybridized carbons (Fsp3) is 0.400. The molecule has 0 radical (unpaired) electrons. The Hall–Kier alpha value is -1.61. The first-order valence-corrected chi connectivity index (χ1v) is 6.39. The van der Waals surface area contributed by atoms with Gasteiger partial charge in [-0.25, -0.2) is 4.98 Å². The molecule has 0 amide bonds. The summed E-state index contributed by atoms with van der Waals surface area (Å²) in [5.74, 6) is 2.06. The lowest BCUT2D eigenvalue weighted by molar-refractivity contribution is 0.388. The van der Waals surface area contributed by atoms with Crippen molar-refractivity contribution >= 4 is 0 Å². The summed E-state index contributed by atoms with van der Waals surface area (Å²) in [6, 6.07) is 10.1. The topological polar surface area (TPSA) is 52.0 Å². The molecule has 3 heteroatoms. The number of nitrogens with two attached hydrogens (primary N) is 1. The van der Waals surface area contributed by atoms with Crippen molar-refractivity contribution in [3.05, 3.63) is 53.7 Å². The van der Waals surface area contributed by atoms with E-state index in [1.54, 1.807) is 6.20 Å². The minimum atomic E-state index is -0.102. The summed E-state index contributed by atoms with van der Waals surface area (Å²) in [4.78, 5) is 4.27. The molecular formula is C15H20N2O. The molecule has 1 heterocycles. The van der Waals surface area contributed by atoms with Crippen LogP contribution >= 0.6 is 0 Å². The van der Waals surface area contributed by atoms with Crippen LogP contribution in [0.25, 0.3) is 0 Å². The van der Waals surface area contributed by atoms with Crippen LogP contribution in [0.1, 0.15) is 43.5 Å². The number of hydrogen-bond donors (Lipinski definition) is 1. The maximum Gasteiger partial charge on any atom is 0.211 e. The Kier molecular flexibility index (Phi) is 4.15. The van der Waals surface area contributed by atoms with Crippen LogP contribution in [0.15, 0.2) is 40.9 Å². The van der Waals surface area contributed by atoms with Crippen LogP contribution in [-0.4, -0.2) is 4.98 Å². The molecule has 0 saturated heterocycles. The van der Waals surface area contributed by atoms with Gasteiger partial charge in [-0.3, -0.25) is 0 Å². The first kappa shape index (κ1) is 12.8. The van der Waals surface area contributed by atoms with Crippen molar-refractivity contribution in [2.75, 3.05) is 0 Å². The Balaban J connectivity index is 2.02. The lowest BCUT2D eigenvalue weighted by atomic mass is 10.0. The van der Waals surface area contributed by atoms with E-state index in [0.717, 1.165) is 18.6 Å². The number of hydrogen-bond acceptors (Lipinski definition) is 3. The van der Waals surface area contributed by atoms with Crippen LogP contribution in [-0.2, 0) is 6.42 Å². The van der Waals surface area contributed by atoms with Crippen LogP contribution in [0, 0.1) is 5.92 Å². The summed E-state index contributed by atoms with van der Waals surface area (Å²) in [6.07, 6.45) is 3.44. The van der Waals surface area contributed by atoms with Gasteiger partial charge in [-0.1, -0.05) is 44.2 Å². The van der Waals surface area contributed by atoms with E-state index in [1.165, 1.54) is 5.56 Å². The largest absolute Gasteiger partial charge is 0.444 e. The molecule has 2 aromatic rings. The summed E-state index contributed by atoms with van der Waals surface area (Å²) < 4.78 is 5.71. The molecule has 2 N–H and O–H groups in total. The van der Waals surface area contributed by atoms with Gasteiger partial charge in [-0.15, -0.1) is 0 Å². The van der Waals surface area contributed by atoms with Crippen LogP contribution in [0.4, 0.5) is 0 Å². The van der Waals surface area contributed by atoms with E-state index in [1.807, 2.05) is 18.2 Å². The molecule has 0 aliphatic heterocycles. The highest BCUT2D eigenvalue weighted by Gasteiger charge is 2.14. The van der Waals surface area contributed by atoms with Gasteiger partial charge in [0.05, 0.1) is 12.2 Å². The molecule has 0 aliphatic carbocycles. The van der Waals surface area contributed by atoms with E-state index in [0.29, 0.717) is 11.8 Å². The van der Waals surface area contributed by atoms with E-state index in [4.69, 9.17) is 10.2 Å². The predicted octanol–water partition coefficient (Wildman–Crippen LogP) is 3.31. The summed E-state index contributed by atoms with van der Waals surface area (Å²) in [7, 11) is 0. The Labute approximate surface area is 108 Å². The normalized spacial score (nSPS) is 12.9. The van der Waals surface area contributed by atoms with Gasteiger partial charge in [0.15, 0.2) is 0 Å². The Morgan fingerprint density at radius 1 is 1.22 bits per heavy atom. The van der Waals surface area contributed by atoms with Crippen molar-refractivity contribution in [1.82, 2.24) is 4.98 Å². The van der Waals surface area contributed by atoms with Gasteiger partial charge in [0.2, 0.25) is 5.89 Å². The second-order valence-corrected chi connectivity index (χ2v) is 5.06. The molecule has 1 atom stereocenters. The fourth-order valence-electron chi connectivity index (χ4n) is 1.98. The Bertz CT molecular complexity index is 476. The second-order valence-electron chi connectivity index (χ2n) is 5.06. The smallest absolute Gasteiger partial charge is 0.211 e. The zero-order chi connectivity index (χ0) is 13.0. The minimum Gasteiger partial charge on any atom is -0.444 e. The van der Waals surface area contributed by atoms with E-state index in [2.05, 4.69) is 31.0 Å². The first-order chi connectivity index (χ1) is 8.65. The van der Waals surface area contributed by atoms with E-state index in [-0.39, 0.29) is 6.04 Å². The third-order valence-corrected chi connectivity index (χ3v) is 2.84. The lowest BCUT2D eigenvalue weighted by Crippen LogP contribution is -2.13. The molecule has 0 fully saturated rings. The highest BCUT2D eigenvalue weighted by Crippen LogP contribution is 2.19. The van der Waals surface area contributed by atoms with Gasteiger partial charge >= 0.3 is 0 Å². The molecule has 0 bridgehead atoms. The van der Waals surface area contributed by atoms with Crippen molar-refractivity contribution in [3.63, 3.8) is 0 Å². The number of nitrogens with zero attached hydrogens (tertiary/aromatic N) is 1. The third-order valence-electron chi connectivity index (χ3n) is 2.84. The third kappa shape index (κ3) is 3.44. The molecule has 2 rings (SSSR count). The van der Waals surface area contributed by atoms with E-state index < -0.39 is 0 Å². The van der Waals surface area contributed by atoms with Crippen molar-refractivity contribution in [1.29, 1.82) is 0 Å². The number of benzene rings is 1. The zero-order valence-electron chi connectivity index (χ0n) is 11.0. The van der Waals surface area contributed by atoms with Crippen molar-refractivity contribution in [3.8, 4) is 0 Å². The average molecular weight is 244 g/mol. The number of oxazole rings is 1. The van der Waals surface area contributed by atoms with Crippen LogP contribution in [0.3, 0.4) is 0 Å². The van der Waals surface area contributed by atoms with Gasteiger partial charge in [0, 0.05) is 6.42 Å². The van der Waals surface area contributed by atoms with Gasteiger partial charge in [-0.05, 0) is 17.9 Å². The quantitative estimate of drug-likeness (QED) is 0.877. The number of aromatic nitrogens is 1. The molecule has 1 unspecified atom stereocenters. The van der Waals surface area contributed by atoms with Gasteiger partial charge in [0.1, 0.15) is 5.76 Å². The van der Waals surface area contributed by atoms with Crippen molar-refractivity contribution < 1.29 is 4.42 Å². The highest BCUT2D eigenvalue weighted by atomic mass is 16.4. The maximum absolute atomic E-state index is 6.05. The van der Waals surface area contributed by atoms with Gasteiger partial charge < -0.3 is 10.2 Å². The summed E-state index contributed by atoms with van der Waals surface area (Å²) in [6.45, 7) is 4.29. The molecule has 0 aliphatic rings. The monoisotopic (exact) mass is 244 g/mol. The Morgan fingerprint density at radius 2 is 1.94 bits per heavy atom. The predicted molar refractivity (Wildman–Crippen MR) is 72.1 cm³/mol. The highest BCUT2D eigenvalue weighted by molar-refractivity contribution is 5.19. The second kappa shape index (κ2) is 5.83. The number of rotatable bonds is 5. The van der Waals surface area contributed by atoms with Crippen molar-refractivity contribution in [2.24, 2.45) is 11.7 Å². The molecular weight excluding hydrogens is 224 g/mol. The summed E-state index contributed by atoms with van der Waals surface area (Å²) >= 11 is 0. The van der Waals surface area contributed by atoms with Crippen LogP contribution in [0.2, 0.25) is 0 Å². The SMILES string of the molecule is CC(C)CC(N)c1ncc(Cc2ccccc2)o1. The van der Waals surface area contributed by atoms with Crippen molar-refractivity contribution in [2.45, 2.75) is 32.7 Å². The first-order valence-electron chi connectivity index (χ1n) is 6.39. The average Bonchev–Trinajstić information content (AvgIpc) is 2.78. The molecule has 3 nitrogen and oxygen atoms in total. The minimum absolute atomic E-state index is 0.102. The standard InChI is InChI=1S/C15H20N2O/c1-11(2)8-14(16)15-17-10-13(18-15)9-12-6-4-3-5-7-12/h3-7,10-11,14H,8-9,16H2,1-2H3. The molecule has 1 aromatic heterocycles. The summed E-state index contributed by atoms with van der Waals surface area (Å²) in [5.41, 5.74) is 7.27. The Morgan fingerprint density at radius 3 is 2.61 bits per heavy atom. The van der Waals surface area contributed by atoms with E-state index in [9.17, 15) is 0 Å². The molecule has 0 saturated carbocycles. The molecule has 96 valence electrons. The van der Waals surface area contributed by atoms with Crippen LogP contribution in [0.5, 0.6) is 0 Å². The van der Waals surface area contributed by atoms with Gasteiger partial charge in [0.25, 0.3) is 0 Å². The summed E-state index contributed by atoms with van der Waals surface area (Å²) in [5, 5.41) is 0. The lowest BCUT2D eigenvalue weighted by Gasteiger charge is -2.09. The maximum atomic E-state index is 6.05. The van der Waals surface area contributed by atoms with Crippen LogP contribution < -0.4 is 5.73 Å². The van der Waals surface area contributed by atoms with Gasteiger partial charge in [-0.2, -0.15) is 0 Å². The van der Waals surface area contributed by atoms with E-state index >= 15 is 0 Å². The molecule has 0 spiro atoms. The molecule has 1 aromatic carbocycles. The fourth-order valence-corrected chi connectivity index (χ4v) is 1.98. The molecule has 18 heavy (non-hydrogen) atoms. The zero-order valence-corrected chi connectivity index (χ0v) is 11.0.